The van der Waals surface area contributed by atoms with Crippen molar-refractivity contribution in [1.29, 1.82) is 0 Å². The topological polar surface area (TPSA) is 107 Å². The van der Waals surface area contributed by atoms with Gasteiger partial charge in [0, 0.05) is 149 Å². The number of hydrogen-bond donors (Lipinski definition) is 1. The summed E-state index contributed by atoms with van der Waals surface area (Å²) < 4.78 is 2.41. The number of aromatic nitrogens is 6. The summed E-state index contributed by atoms with van der Waals surface area (Å²) in [6, 6.07) is 104. The largest absolute Gasteiger partial charge is 0.512 e. The van der Waals surface area contributed by atoms with Crippen LogP contribution < -0.4 is 0 Å². The number of fused-ring (bicyclic) bond motifs is 3. The van der Waals surface area contributed by atoms with E-state index in [1.54, 1.807) is 12.4 Å². The number of carbonyl (C=O) groups is 1. The van der Waals surface area contributed by atoms with Crippen molar-refractivity contribution in [2.45, 2.75) is 68.4 Å². The number of aliphatic hydroxyl groups excluding tert-OH is 1. The minimum atomic E-state index is -0.125. The Morgan fingerprint density at radius 1 is 0.416 bits per heavy atom. The summed E-state index contributed by atoms with van der Waals surface area (Å²) in [6.07, 6.45) is 9.56. The van der Waals surface area contributed by atoms with E-state index in [4.69, 9.17) is 5.11 Å². The van der Waals surface area contributed by atoms with E-state index in [0.717, 1.165) is 74.9 Å². The van der Waals surface area contributed by atoms with Gasteiger partial charge in [-0.2, -0.15) is 0 Å². The van der Waals surface area contributed by atoms with E-state index in [1.807, 2.05) is 165 Å². The minimum absolute atomic E-state index is 0. The molecule has 0 amide bonds. The van der Waals surface area contributed by atoms with E-state index in [9.17, 15) is 4.79 Å². The third kappa shape index (κ3) is 26.9. The van der Waals surface area contributed by atoms with Gasteiger partial charge in [-0.1, -0.05) is 179 Å². The summed E-state index contributed by atoms with van der Waals surface area (Å²) >= 11 is 0. The Bertz CT molecular complexity index is 4600. The number of allylic oxidation sites excluding steroid dienone is 2. The predicted octanol–water partition coefficient (Wildman–Crippen LogP) is 21.7. The van der Waals surface area contributed by atoms with E-state index >= 15 is 0 Å². The average Bonchev–Trinajstić information content (AvgIpc) is 1.61. The molecular formula is C88H79Ir5N6O2-5. The van der Waals surface area contributed by atoms with Crippen LogP contribution in [-0.2, 0) is 118 Å². The maximum Gasteiger partial charge on any atom is 0.155 e. The molecule has 0 atom stereocenters. The molecule has 6 aromatic heterocycles. The molecule has 5 radical (unpaired) electrons. The number of hydrogen-bond acceptors (Lipinski definition) is 7. The number of nitrogens with zero attached hydrogens (tertiary/aromatic N) is 6. The molecule has 0 saturated heterocycles. The molecule has 0 aliphatic rings. The number of aryl methyl sites for hydroxylation is 2. The van der Waals surface area contributed by atoms with Crippen LogP contribution in [0.2, 0.25) is 0 Å². The van der Waals surface area contributed by atoms with Crippen LogP contribution in [-0.4, -0.2) is 40.4 Å². The van der Waals surface area contributed by atoms with Gasteiger partial charge in [0.25, 0.3) is 0 Å². The Labute approximate surface area is 664 Å². The first-order valence-corrected chi connectivity index (χ1v) is 32.3. The number of rotatable bonds is 12. The van der Waals surface area contributed by atoms with Crippen molar-refractivity contribution in [3.05, 3.63) is 345 Å². The summed E-state index contributed by atoms with van der Waals surface area (Å²) in [6.45, 7) is 16.9. The van der Waals surface area contributed by atoms with Gasteiger partial charge in [-0.25, -0.2) is 0 Å². The number of pyridine rings is 5. The molecule has 523 valence electrons. The van der Waals surface area contributed by atoms with Gasteiger partial charge in [0.05, 0.1) is 5.76 Å². The van der Waals surface area contributed by atoms with Crippen molar-refractivity contribution in [3.63, 3.8) is 0 Å². The molecular weight excluding hydrogens is 2130 g/mol. The smallest absolute Gasteiger partial charge is 0.155 e. The van der Waals surface area contributed by atoms with Gasteiger partial charge in [0.1, 0.15) is 0 Å². The molecule has 1 N–H and O–H groups in total. The molecule has 14 rings (SSSR count). The van der Waals surface area contributed by atoms with Gasteiger partial charge < -0.3 is 34.6 Å². The first kappa shape index (κ1) is 85.2. The van der Waals surface area contributed by atoms with Gasteiger partial charge in [-0.05, 0) is 126 Å². The molecule has 0 saturated carbocycles. The number of para-hydroxylation sites is 1. The predicted molar refractivity (Wildman–Crippen MR) is 396 cm³/mol. The van der Waals surface area contributed by atoms with Crippen molar-refractivity contribution < 1.29 is 110 Å². The Balaban J connectivity index is 0.000000262. The minimum Gasteiger partial charge on any atom is -0.512 e. The monoisotopic (exact) mass is 2220 g/mol. The summed E-state index contributed by atoms with van der Waals surface area (Å²) in [7, 11) is 0. The summed E-state index contributed by atoms with van der Waals surface area (Å²) in [4.78, 5) is 32.0. The fourth-order valence-corrected chi connectivity index (χ4v) is 10.6. The summed E-state index contributed by atoms with van der Waals surface area (Å²) in [5.74, 6) is 1.19. The molecule has 0 bridgehead atoms. The van der Waals surface area contributed by atoms with E-state index in [-0.39, 0.29) is 112 Å². The summed E-state index contributed by atoms with van der Waals surface area (Å²) in [5.41, 5.74) is 21.1. The average molecular weight is 2210 g/mol. The normalized spacial score (nSPS) is 10.2. The Morgan fingerprint density at radius 3 is 1.40 bits per heavy atom. The SMILES string of the molecule is CC(=O)C=C(C)O.CC(C)Cc1ccnc(-c2[c-]ccc(-c3ccccc3)c2)c1.CC(C)Cn1c2c[c-]c(-c3ccccn3)cc2c2ccccc21.Cc1cc[c-]c(-c2cccc(C)n2)c1.[Ir].[Ir].[Ir].[Ir].[Ir].[c-]1ccc(-c2ccccc2)cc1-c1ccccn1.[c-]1ccccc1-c1ccccn1. The zero-order chi connectivity index (χ0) is 67.4. The van der Waals surface area contributed by atoms with Crippen LogP contribution >= 0.6 is 0 Å². The number of carbonyl (C=O) groups excluding carboxylic acids is 1. The van der Waals surface area contributed by atoms with E-state index in [2.05, 4.69) is 210 Å². The number of ketones is 1. The molecule has 6 heterocycles. The first-order valence-electron chi connectivity index (χ1n) is 32.3. The second kappa shape index (κ2) is 44.9. The van der Waals surface area contributed by atoms with Crippen molar-refractivity contribution in [2.24, 2.45) is 11.8 Å². The molecule has 0 unspecified atom stereocenters. The van der Waals surface area contributed by atoms with Gasteiger partial charge >= 0.3 is 0 Å². The fraction of sp³-hybridized carbons (Fsp3) is 0.136. The zero-order valence-corrected chi connectivity index (χ0v) is 69.5. The Morgan fingerprint density at radius 2 is 0.901 bits per heavy atom. The number of benzene rings is 8. The van der Waals surface area contributed by atoms with Crippen LogP contribution in [0.1, 0.15) is 58.4 Å². The van der Waals surface area contributed by atoms with E-state index < -0.39 is 0 Å². The van der Waals surface area contributed by atoms with Gasteiger partial charge in [-0.15, -0.1) is 166 Å². The van der Waals surface area contributed by atoms with Gasteiger partial charge in [0.2, 0.25) is 0 Å². The summed E-state index contributed by atoms with van der Waals surface area (Å²) in [5, 5.41) is 10.9. The Hall–Kier alpha value is -8.23. The van der Waals surface area contributed by atoms with Crippen LogP contribution in [0.3, 0.4) is 0 Å². The molecule has 0 aliphatic heterocycles. The standard InChI is InChI=1S/C21H19N2.C21H20N.C17H12N.C13H12N.C11H8N.C5H8O2.5Ir/c1-15(2)14-23-20-9-4-3-7-17(20)18-13-16(10-11-21(18)23)19-8-5-6-12-22-19;1-16(2)13-17-11-12-22-21(14-17)20-10-6-9-19(15-20)18-7-4-3-5-8-18;1-2-7-14(8-3-1)15-9-6-10-16(13-15)17-11-4-5-12-18-17;1-10-5-3-7-12(9-10)13-8-4-6-11(2)14-13;1-2-6-10(7-3-1)11-8-4-5-9-12-11;1-4(6)3-5(2)7;;;;;/h3-9,11-13,15H,14H2,1-2H3;3-9,11-12,14-16H,13H2,1-2H3;1-9,11-13H;3-6,8-9H,1-2H3;1-6,8-9H;3,6H,1-2H3;;;;;/q5*-1;;;;;;. The maximum atomic E-state index is 10.0. The molecule has 0 aliphatic carbocycles. The second-order valence-corrected chi connectivity index (χ2v) is 23.8. The number of aliphatic hydroxyl groups is 1. The molecule has 101 heavy (non-hydrogen) atoms. The van der Waals surface area contributed by atoms with Crippen molar-refractivity contribution in [3.8, 4) is 78.5 Å². The third-order valence-electron chi connectivity index (χ3n) is 14.9. The fourth-order valence-electron chi connectivity index (χ4n) is 10.6. The van der Waals surface area contributed by atoms with Crippen molar-refractivity contribution in [1.82, 2.24) is 29.5 Å². The maximum absolute atomic E-state index is 10.0. The molecule has 0 fully saturated rings. The molecule has 13 heteroatoms. The molecule has 8 nitrogen and oxygen atoms in total. The molecule has 0 spiro atoms. The van der Waals surface area contributed by atoms with Gasteiger partial charge in [0.15, 0.2) is 5.78 Å². The van der Waals surface area contributed by atoms with Crippen LogP contribution in [0.4, 0.5) is 0 Å². The molecule has 14 aromatic rings. The van der Waals surface area contributed by atoms with Crippen LogP contribution in [0, 0.1) is 56.0 Å². The van der Waals surface area contributed by atoms with Crippen LogP contribution in [0.15, 0.2) is 297 Å². The van der Waals surface area contributed by atoms with Crippen molar-refractivity contribution in [2.75, 3.05) is 0 Å². The van der Waals surface area contributed by atoms with Crippen molar-refractivity contribution >= 4 is 27.6 Å². The van der Waals surface area contributed by atoms with E-state index in [0.29, 0.717) is 11.8 Å². The second-order valence-electron chi connectivity index (χ2n) is 23.8. The zero-order valence-electron chi connectivity index (χ0n) is 57.5. The first-order chi connectivity index (χ1) is 46.7. The van der Waals surface area contributed by atoms with Crippen LogP contribution in [0.5, 0.6) is 0 Å². The quantitative estimate of drug-likeness (QED) is 0.0738. The third-order valence-corrected chi connectivity index (χ3v) is 14.9. The van der Waals surface area contributed by atoms with E-state index in [1.165, 1.54) is 75.1 Å². The molecule has 8 aromatic carbocycles. The van der Waals surface area contributed by atoms with Gasteiger partial charge in [-0.3, -0.25) is 4.79 Å². The van der Waals surface area contributed by atoms with Crippen LogP contribution in [0.25, 0.3) is 100 Å². The Kier molecular flexibility index (Phi) is 37.9.